The summed E-state index contributed by atoms with van der Waals surface area (Å²) in [4.78, 5) is 18.8. The number of aryl methyl sites for hydroxylation is 1. The molecular weight excluding hydrogens is 577 g/mol. The second kappa shape index (κ2) is 12.4. The second-order valence-electron chi connectivity index (χ2n) is 9.90. The highest BCUT2D eigenvalue weighted by Gasteiger charge is 2.36. The third kappa shape index (κ3) is 6.09. The topological polar surface area (TPSA) is 94.5 Å². The summed E-state index contributed by atoms with van der Waals surface area (Å²) in [5.74, 6) is 1.08. The van der Waals surface area contributed by atoms with E-state index in [2.05, 4.69) is 15.3 Å². The van der Waals surface area contributed by atoms with E-state index in [0.717, 1.165) is 27.7 Å². The molecule has 0 radical (unpaired) electrons. The Bertz CT molecular complexity index is 1660. The summed E-state index contributed by atoms with van der Waals surface area (Å²) < 4.78 is 19.5. The number of amides is 1. The Hall–Kier alpha value is -4.05. The number of hydrogen-bond acceptors (Lipinski definition) is 6. The fourth-order valence-corrected chi connectivity index (χ4v) is 5.60. The highest BCUT2D eigenvalue weighted by Crippen LogP contribution is 2.40. The summed E-state index contributed by atoms with van der Waals surface area (Å²) in [6.45, 7) is 3.53. The first kappa shape index (κ1) is 28.1. The Kier molecular flexibility index (Phi) is 8.32. The fourth-order valence-electron chi connectivity index (χ4n) is 5.30. The molecule has 1 N–H and O–H groups in total. The molecule has 3 heterocycles. The van der Waals surface area contributed by atoms with Crippen molar-refractivity contribution in [2.45, 2.75) is 38.6 Å². The summed E-state index contributed by atoms with van der Waals surface area (Å²) >= 11 is 12.4. The minimum atomic E-state index is -0.450. The van der Waals surface area contributed by atoms with Crippen LogP contribution in [0.25, 0.3) is 10.9 Å². The van der Waals surface area contributed by atoms with Gasteiger partial charge in [-0.15, -0.1) is 5.10 Å². The number of halogens is 2. The van der Waals surface area contributed by atoms with Crippen LogP contribution in [0.2, 0.25) is 10.0 Å². The molecule has 2 unspecified atom stereocenters. The van der Waals surface area contributed by atoms with E-state index in [0.29, 0.717) is 54.1 Å². The van der Waals surface area contributed by atoms with Crippen molar-refractivity contribution in [3.8, 4) is 11.5 Å². The Balaban J connectivity index is 1.28. The Morgan fingerprint density at radius 1 is 1.05 bits per heavy atom. The molecule has 6 rings (SSSR count). The van der Waals surface area contributed by atoms with Crippen molar-refractivity contribution < 1.29 is 19.0 Å². The Labute approximate surface area is 252 Å². The monoisotopic (exact) mass is 605 g/mol. The van der Waals surface area contributed by atoms with E-state index in [1.165, 1.54) is 0 Å². The Morgan fingerprint density at radius 3 is 2.55 bits per heavy atom. The summed E-state index contributed by atoms with van der Waals surface area (Å²) in [6, 6.07) is 19.9. The smallest absolute Gasteiger partial charge is 0.416 e. The summed E-state index contributed by atoms with van der Waals surface area (Å²) in [7, 11) is 0. The number of aromatic nitrogens is 4. The van der Waals surface area contributed by atoms with Gasteiger partial charge in [-0.3, -0.25) is 9.58 Å². The largest absolute Gasteiger partial charge is 0.465 e. The minimum Gasteiger partial charge on any atom is -0.465 e. The number of nitrogens with zero attached hydrogens (tertiary/aromatic N) is 4. The zero-order chi connectivity index (χ0) is 29.1. The molecule has 1 amide bonds. The second-order valence-corrected chi connectivity index (χ2v) is 10.8. The maximum atomic E-state index is 13.6. The van der Waals surface area contributed by atoms with Crippen molar-refractivity contribution in [1.29, 1.82) is 0 Å². The van der Waals surface area contributed by atoms with Gasteiger partial charge in [0.2, 0.25) is 6.29 Å². The maximum Gasteiger partial charge on any atom is 0.416 e. The third-order valence-corrected chi connectivity index (χ3v) is 7.71. The summed E-state index contributed by atoms with van der Waals surface area (Å²) in [6.07, 6.45) is 3.81. The third-order valence-electron chi connectivity index (χ3n) is 7.22. The molecule has 1 aliphatic heterocycles. The van der Waals surface area contributed by atoms with Crippen LogP contribution in [0.5, 0.6) is 11.5 Å². The maximum absolute atomic E-state index is 13.6. The first-order chi connectivity index (χ1) is 20.5. The zero-order valence-corrected chi connectivity index (χ0v) is 24.4. The van der Waals surface area contributed by atoms with Crippen molar-refractivity contribution in [3.63, 3.8) is 0 Å². The predicted octanol–water partition coefficient (Wildman–Crippen LogP) is 7.04. The predicted molar refractivity (Wildman–Crippen MR) is 160 cm³/mol. The zero-order valence-electron chi connectivity index (χ0n) is 22.9. The number of H-pyrrole nitrogens is 1. The quantitative estimate of drug-likeness (QED) is 0.181. The molecule has 2 aromatic heterocycles. The number of carbonyl (C=O) groups is 1. The number of carbonyl (C=O) groups excluding carboxylic acids is 1. The van der Waals surface area contributed by atoms with Crippen LogP contribution >= 0.6 is 23.2 Å². The van der Waals surface area contributed by atoms with Gasteiger partial charge in [-0.25, -0.2) is 4.79 Å². The number of ether oxygens (including phenoxy) is 3. The molecule has 42 heavy (non-hydrogen) atoms. The van der Waals surface area contributed by atoms with Crippen molar-refractivity contribution in [2.75, 3.05) is 13.2 Å². The number of rotatable bonds is 9. The van der Waals surface area contributed by atoms with Crippen molar-refractivity contribution in [2.24, 2.45) is 0 Å². The SMILES string of the molecule is CCOC(CCn1ccnn1)Oc1ccc(C2c3[nH]c4ccc(Cl)cc4c3CCN2C(=O)Oc2ccc(Cl)cc2)cc1. The highest BCUT2D eigenvalue weighted by molar-refractivity contribution is 6.31. The molecule has 2 atom stereocenters. The molecule has 0 aliphatic carbocycles. The van der Waals surface area contributed by atoms with Crippen LogP contribution in [-0.4, -0.2) is 50.4 Å². The lowest BCUT2D eigenvalue weighted by Crippen LogP contribution is -2.42. The van der Waals surface area contributed by atoms with Gasteiger partial charge in [-0.1, -0.05) is 40.5 Å². The van der Waals surface area contributed by atoms with E-state index in [1.54, 1.807) is 46.2 Å². The van der Waals surface area contributed by atoms with Gasteiger partial charge in [0.1, 0.15) is 17.5 Å². The van der Waals surface area contributed by atoms with Gasteiger partial charge in [0, 0.05) is 59.0 Å². The van der Waals surface area contributed by atoms with Crippen LogP contribution in [0.1, 0.15) is 36.2 Å². The van der Waals surface area contributed by atoms with E-state index < -0.39 is 18.4 Å². The van der Waals surface area contributed by atoms with Crippen LogP contribution in [0, 0.1) is 0 Å². The number of fused-ring (bicyclic) bond motifs is 3. The molecule has 0 saturated heterocycles. The van der Waals surface area contributed by atoms with Gasteiger partial charge in [0.25, 0.3) is 0 Å². The highest BCUT2D eigenvalue weighted by atomic mass is 35.5. The molecule has 216 valence electrons. The standard InChI is InChI=1S/C31H29Cl2N5O4/c1-2-40-28(14-16-37-18-15-34-36-37)41-23-8-3-20(4-9-23)30-29-25(26-19-22(33)7-12-27(26)35-29)13-17-38(30)31(39)42-24-10-5-21(32)6-11-24/h3-12,15,18-19,28,30,35H,2,13-14,16-17H2,1H3. The van der Waals surface area contributed by atoms with Crippen molar-refractivity contribution in [1.82, 2.24) is 24.9 Å². The number of nitrogens with one attached hydrogen (secondary N) is 1. The lowest BCUT2D eigenvalue weighted by atomic mass is 9.92. The Morgan fingerprint density at radius 2 is 1.81 bits per heavy atom. The molecule has 9 nitrogen and oxygen atoms in total. The first-order valence-electron chi connectivity index (χ1n) is 13.7. The van der Waals surface area contributed by atoms with Crippen LogP contribution in [0.3, 0.4) is 0 Å². The first-order valence-corrected chi connectivity index (χ1v) is 14.5. The van der Waals surface area contributed by atoms with Crippen LogP contribution in [0.15, 0.2) is 79.1 Å². The number of aromatic amines is 1. The lowest BCUT2D eigenvalue weighted by molar-refractivity contribution is -0.0821. The van der Waals surface area contributed by atoms with Gasteiger partial charge in [-0.2, -0.15) is 0 Å². The molecule has 1 aliphatic rings. The summed E-state index contributed by atoms with van der Waals surface area (Å²) in [5, 5.41) is 10.1. The van der Waals surface area contributed by atoms with Crippen molar-refractivity contribution in [3.05, 3.63) is 106 Å². The fraction of sp³-hybridized carbons (Fsp3) is 0.258. The molecule has 0 spiro atoms. The molecule has 5 aromatic rings. The van der Waals surface area contributed by atoms with Crippen LogP contribution in [0.4, 0.5) is 4.79 Å². The molecule has 11 heteroatoms. The van der Waals surface area contributed by atoms with Gasteiger partial charge in [0.05, 0.1) is 6.20 Å². The van der Waals surface area contributed by atoms with E-state index >= 15 is 0 Å². The van der Waals surface area contributed by atoms with Crippen LogP contribution in [-0.2, 0) is 17.7 Å². The molecular formula is C31H29Cl2N5O4. The average Bonchev–Trinajstić information content (AvgIpc) is 3.65. The van der Waals surface area contributed by atoms with Gasteiger partial charge in [-0.05, 0) is 79.1 Å². The van der Waals surface area contributed by atoms with E-state index in [-0.39, 0.29) is 0 Å². The molecule has 0 bridgehead atoms. The van der Waals surface area contributed by atoms with E-state index in [1.807, 2.05) is 49.4 Å². The minimum absolute atomic E-state index is 0.413. The van der Waals surface area contributed by atoms with E-state index in [4.69, 9.17) is 37.4 Å². The lowest BCUT2D eigenvalue weighted by Gasteiger charge is -2.35. The molecule has 3 aromatic carbocycles. The van der Waals surface area contributed by atoms with Gasteiger partial charge < -0.3 is 19.2 Å². The number of hydrogen-bond donors (Lipinski definition) is 1. The molecule has 0 saturated carbocycles. The van der Waals surface area contributed by atoms with E-state index in [9.17, 15) is 4.79 Å². The normalized spacial score (nSPS) is 15.4. The van der Waals surface area contributed by atoms with Crippen LogP contribution < -0.4 is 9.47 Å². The van der Waals surface area contributed by atoms with Gasteiger partial charge >= 0.3 is 6.09 Å². The average molecular weight is 607 g/mol. The summed E-state index contributed by atoms with van der Waals surface area (Å²) in [5.41, 5.74) is 3.94. The number of benzene rings is 3. The van der Waals surface area contributed by atoms with Crippen molar-refractivity contribution >= 4 is 40.2 Å². The molecule has 0 fully saturated rings. The van der Waals surface area contributed by atoms with Gasteiger partial charge in [0.15, 0.2) is 0 Å².